The first-order valence-corrected chi connectivity index (χ1v) is 5.95. The van der Waals surface area contributed by atoms with Gasteiger partial charge in [-0.15, -0.1) is 0 Å². The lowest BCUT2D eigenvalue weighted by atomic mass is 9.93. The molecule has 2 rings (SSSR count). The van der Waals surface area contributed by atoms with Gasteiger partial charge in [0.05, 0.1) is 0 Å². The summed E-state index contributed by atoms with van der Waals surface area (Å²) < 4.78 is 5.28. The fourth-order valence-electron chi connectivity index (χ4n) is 1.63. The Bertz CT molecular complexity index is 507. The Balaban J connectivity index is 2.33. The smallest absolute Gasteiger partial charge is 0.265 e. The Morgan fingerprint density at radius 2 is 2.00 bits per heavy atom. The molecule has 0 radical (unpaired) electrons. The minimum absolute atomic E-state index is 0.420. The van der Waals surface area contributed by atoms with Crippen LogP contribution in [0.2, 0.25) is 0 Å². The van der Waals surface area contributed by atoms with Gasteiger partial charge in [0.1, 0.15) is 5.54 Å². The molecule has 1 heterocycles. The van der Waals surface area contributed by atoms with Crippen molar-refractivity contribution in [2.45, 2.75) is 19.4 Å². The maximum Gasteiger partial charge on any atom is 0.265 e. The van der Waals surface area contributed by atoms with Gasteiger partial charge in [0, 0.05) is 13.6 Å². The zero-order valence-electron chi connectivity index (χ0n) is 10.9. The summed E-state index contributed by atoms with van der Waals surface area (Å²) >= 11 is 0. The van der Waals surface area contributed by atoms with Crippen molar-refractivity contribution < 1.29 is 4.52 Å². The van der Waals surface area contributed by atoms with Crippen LogP contribution in [0.4, 0.5) is 5.95 Å². The van der Waals surface area contributed by atoms with Gasteiger partial charge in [-0.25, -0.2) is 0 Å². The minimum atomic E-state index is -0.777. The third-order valence-electron chi connectivity index (χ3n) is 3.05. The maximum absolute atomic E-state index is 6.30. The summed E-state index contributed by atoms with van der Waals surface area (Å²) in [7, 11) is 1.91. The molecule has 0 aliphatic rings. The zero-order valence-corrected chi connectivity index (χ0v) is 10.9. The van der Waals surface area contributed by atoms with Crippen LogP contribution in [0.3, 0.4) is 0 Å². The predicted octanol–water partition coefficient (Wildman–Crippen LogP) is 1.75. The molecule has 0 bridgehead atoms. The molecule has 0 amide bonds. The van der Waals surface area contributed by atoms with E-state index in [9.17, 15) is 0 Å². The number of rotatable bonds is 4. The second-order valence-electron chi connectivity index (χ2n) is 4.48. The Morgan fingerprint density at radius 3 is 2.61 bits per heavy atom. The molecule has 5 heteroatoms. The van der Waals surface area contributed by atoms with Gasteiger partial charge in [-0.1, -0.05) is 30.3 Å². The molecule has 2 aromatic rings. The van der Waals surface area contributed by atoms with Crippen molar-refractivity contribution in [2.75, 3.05) is 18.5 Å². The van der Waals surface area contributed by atoms with Crippen LogP contribution in [0.25, 0.3) is 0 Å². The van der Waals surface area contributed by atoms with E-state index in [-0.39, 0.29) is 0 Å². The molecule has 0 fully saturated rings. The Hall–Kier alpha value is -1.88. The molecule has 1 aromatic heterocycles. The molecule has 18 heavy (non-hydrogen) atoms. The second-order valence-corrected chi connectivity index (χ2v) is 4.48. The van der Waals surface area contributed by atoms with Gasteiger partial charge in [0.2, 0.25) is 0 Å². The van der Waals surface area contributed by atoms with Crippen LogP contribution in [0.1, 0.15) is 25.3 Å². The van der Waals surface area contributed by atoms with Crippen molar-refractivity contribution >= 4 is 5.95 Å². The quantitative estimate of drug-likeness (QED) is 0.890. The van der Waals surface area contributed by atoms with E-state index in [0.717, 1.165) is 12.1 Å². The molecule has 1 unspecified atom stereocenters. The van der Waals surface area contributed by atoms with Gasteiger partial charge in [-0.05, 0) is 24.6 Å². The molecule has 0 spiro atoms. The second kappa shape index (κ2) is 4.78. The highest BCUT2D eigenvalue weighted by molar-refractivity contribution is 5.32. The molecule has 0 saturated carbocycles. The third kappa shape index (κ3) is 2.22. The molecule has 96 valence electrons. The topological polar surface area (TPSA) is 68.2 Å². The van der Waals surface area contributed by atoms with E-state index in [1.165, 1.54) is 0 Å². The first-order valence-electron chi connectivity index (χ1n) is 5.95. The highest BCUT2D eigenvalue weighted by Crippen LogP contribution is 2.25. The average molecular weight is 246 g/mol. The first-order chi connectivity index (χ1) is 8.55. The molecule has 0 saturated heterocycles. The van der Waals surface area contributed by atoms with Gasteiger partial charge < -0.3 is 15.2 Å². The zero-order chi connectivity index (χ0) is 13.2. The summed E-state index contributed by atoms with van der Waals surface area (Å²) in [6, 6.07) is 9.73. The van der Waals surface area contributed by atoms with Crippen molar-refractivity contribution in [3.8, 4) is 0 Å². The van der Waals surface area contributed by atoms with Crippen LogP contribution in [-0.4, -0.2) is 23.7 Å². The average Bonchev–Trinajstić information content (AvgIpc) is 2.89. The van der Waals surface area contributed by atoms with Crippen LogP contribution in [-0.2, 0) is 5.54 Å². The van der Waals surface area contributed by atoms with Gasteiger partial charge in [-0.3, -0.25) is 0 Å². The molecule has 1 aromatic carbocycles. The van der Waals surface area contributed by atoms with E-state index in [0.29, 0.717) is 11.8 Å². The van der Waals surface area contributed by atoms with Crippen LogP contribution >= 0.6 is 0 Å². The highest BCUT2D eigenvalue weighted by atomic mass is 16.5. The largest absolute Gasteiger partial charge is 0.342 e. The standard InChI is InChI=1S/C13H18N4O/c1-4-17(3)12-15-11(18-16-12)13(2,14)10-8-6-5-7-9-10/h5-9H,4,14H2,1-3H3. The van der Waals surface area contributed by atoms with E-state index in [1.54, 1.807) is 0 Å². The molecule has 1 atom stereocenters. The molecule has 5 nitrogen and oxygen atoms in total. The summed E-state index contributed by atoms with van der Waals surface area (Å²) in [4.78, 5) is 6.25. The Labute approximate surface area is 107 Å². The van der Waals surface area contributed by atoms with Crippen LogP contribution in [0.15, 0.2) is 34.9 Å². The van der Waals surface area contributed by atoms with Crippen molar-refractivity contribution in [3.05, 3.63) is 41.8 Å². The lowest BCUT2D eigenvalue weighted by Gasteiger charge is -2.20. The summed E-state index contributed by atoms with van der Waals surface area (Å²) in [5, 5.41) is 3.94. The third-order valence-corrected chi connectivity index (χ3v) is 3.05. The van der Waals surface area contributed by atoms with Gasteiger partial charge in [-0.2, -0.15) is 4.98 Å². The van der Waals surface area contributed by atoms with Crippen molar-refractivity contribution in [1.29, 1.82) is 0 Å². The molecule has 0 aliphatic heterocycles. The number of anilines is 1. The molecule has 2 N–H and O–H groups in total. The summed E-state index contributed by atoms with van der Waals surface area (Å²) in [5.74, 6) is 0.976. The Kier molecular flexibility index (Phi) is 3.34. The summed E-state index contributed by atoms with van der Waals surface area (Å²) in [6.07, 6.45) is 0. The fourth-order valence-corrected chi connectivity index (χ4v) is 1.63. The van der Waals surface area contributed by atoms with Crippen molar-refractivity contribution in [2.24, 2.45) is 5.73 Å². The lowest BCUT2D eigenvalue weighted by molar-refractivity contribution is 0.325. The van der Waals surface area contributed by atoms with Gasteiger partial charge in [0.15, 0.2) is 0 Å². The van der Waals surface area contributed by atoms with Crippen LogP contribution < -0.4 is 10.6 Å². The number of aromatic nitrogens is 2. The number of hydrogen-bond acceptors (Lipinski definition) is 5. The number of nitrogens with zero attached hydrogens (tertiary/aromatic N) is 3. The molecular weight excluding hydrogens is 228 g/mol. The molecule has 0 aliphatic carbocycles. The van der Waals surface area contributed by atoms with Crippen LogP contribution in [0, 0.1) is 0 Å². The van der Waals surface area contributed by atoms with Gasteiger partial charge in [0.25, 0.3) is 11.8 Å². The van der Waals surface area contributed by atoms with Crippen LogP contribution in [0.5, 0.6) is 0 Å². The van der Waals surface area contributed by atoms with E-state index in [4.69, 9.17) is 10.3 Å². The van der Waals surface area contributed by atoms with E-state index < -0.39 is 5.54 Å². The first kappa shape index (κ1) is 12.6. The number of hydrogen-bond donors (Lipinski definition) is 1. The fraction of sp³-hybridized carbons (Fsp3) is 0.385. The monoisotopic (exact) mass is 246 g/mol. The minimum Gasteiger partial charge on any atom is -0.342 e. The number of benzene rings is 1. The summed E-state index contributed by atoms with van der Waals surface area (Å²) in [5.41, 5.74) is 6.47. The van der Waals surface area contributed by atoms with E-state index in [2.05, 4.69) is 10.1 Å². The number of nitrogens with two attached hydrogens (primary N) is 1. The molecular formula is C13H18N4O. The highest BCUT2D eigenvalue weighted by Gasteiger charge is 2.30. The Morgan fingerprint density at radius 1 is 1.33 bits per heavy atom. The van der Waals surface area contributed by atoms with Crippen molar-refractivity contribution in [3.63, 3.8) is 0 Å². The summed E-state index contributed by atoms with van der Waals surface area (Å²) in [6.45, 7) is 4.70. The van der Waals surface area contributed by atoms with Crippen molar-refractivity contribution in [1.82, 2.24) is 10.1 Å². The van der Waals surface area contributed by atoms with E-state index >= 15 is 0 Å². The lowest BCUT2D eigenvalue weighted by Crippen LogP contribution is -2.34. The predicted molar refractivity (Wildman–Crippen MR) is 70.3 cm³/mol. The van der Waals surface area contributed by atoms with Gasteiger partial charge >= 0.3 is 0 Å². The van der Waals surface area contributed by atoms with E-state index in [1.807, 2.05) is 56.1 Å². The maximum atomic E-state index is 6.30. The normalized spacial score (nSPS) is 14.2. The SMILES string of the molecule is CCN(C)c1noc(C(C)(N)c2ccccc2)n1.